The van der Waals surface area contributed by atoms with Gasteiger partial charge in [0.2, 0.25) is 9.84 Å². The molecule has 0 bridgehead atoms. The zero-order valence-electron chi connectivity index (χ0n) is 16.0. The highest BCUT2D eigenvalue weighted by Gasteiger charge is 2.27. The summed E-state index contributed by atoms with van der Waals surface area (Å²) in [6.45, 7) is 7.38. The van der Waals surface area contributed by atoms with E-state index in [0.717, 1.165) is 24.1 Å². The molecule has 0 fully saturated rings. The molecule has 2 aromatic carbocycles. The third-order valence-electron chi connectivity index (χ3n) is 5.28. The van der Waals surface area contributed by atoms with Crippen LogP contribution in [0.25, 0.3) is 0 Å². The third-order valence-corrected chi connectivity index (χ3v) is 7.03. The summed E-state index contributed by atoms with van der Waals surface area (Å²) in [6, 6.07) is 13.4. The van der Waals surface area contributed by atoms with Crippen LogP contribution in [0.3, 0.4) is 0 Å². The molecule has 1 aliphatic rings. The molecule has 2 aromatic rings. The van der Waals surface area contributed by atoms with Gasteiger partial charge >= 0.3 is 0 Å². The van der Waals surface area contributed by atoms with Gasteiger partial charge in [0, 0.05) is 18.3 Å². The number of hydrogen-bond acceptors (Lipinski definition) is 3. The van der Waals surface area contributed by atoms with Crippen LogP contribution in [0.2, 0.25) is 0 Å². The number of hydrogen-bond donors (Lipinski definition) is 0. The Hall–Kier alpha value is -1.81. The molecule has 4 heteroatoms. The number of nitrogens with zero attached hydrogens (tertiary/aromatic N) is 1. The summed E-state index contributed by atoms with van der Waals surface area (Å²) in [6.07, 6.45) is 5.66. The number of sulfone groups is 1. The van der Waals surface area contributed by atoms with E-state index in [1.165, 1.54) is 31.4 Å². The van der Waals surface area contributed by atoms with E-state index in [4.69, 9.17) is 0 Å². The summed E-state index contributed by atoms with van der Waals surface area (Å²) in [5.74, 6) is 0. The van der Waals surface area contributed by atoms with Gasteiger partial charge in [-0.3, -0.25) is 0 Å². The Balaban J connectivity index is 1.93. The van der Waals surface area contributed by atoms with Crippen LogP contribution in [-0.4, -0.2) is 21.0 Å². The molecule has 0 atom stereocenters. The Kier molecular flexibility index (Phi) is 5.71. The minimum atomic E-state index is -3.46. The Bertz CT molecular complexity index is 867. The molecule has 3 nitrogen and oxygen atoms in total. The largest absolute Gasteiger partial charge is 0.368 e. The second-order valence-electron chi connectivity index (χ2n) is 7.29. The van der Waals surface area contributed by atoms with E-state index < -0.39 is 9.84 Å². The van der Waals surface area contributed by atoms with Crippen molar-refractivity contribution in [1.29, 1.82) is 0 Å². The van der Waals surface area contributed by atoms with E-state index in [1.807, 2.05) is 25.1 Å². The quantitative estimate of drug-likeness (QED) is 0.675. The molecule has 3 rings (SSSR count). The average Bonchev–Trinajstić information content (AvgIpc) is 3.04. The lowest BCUT2D eigenvalue weighted by Gasteiger charge is -2.30. The monoisotopic (exact) mass is 371 g/mol. The Morgan fingerprint density at radius 3 is 2.35 bits per heavy atom. The van der Waals surface area contributed by atoms with Crippen molar-refractivity contribution in [3.8, 4) is 0 Å². The smallest absolute Gasteiger partial charge is 0.206 e. The van der Waals surface area contributed by atoms with Gasteiger partial charge in [0.05, 0.1) is 9.79 Å². The molecule has 26 heavy (non-hydrogen) atoms. The lowest BCUT2D eigenvalue weighted by atomic mass is 10.0. The van der Waals surface area contributed by atoms with Gasteiger partial charge in [-0.2, -0.15) is 0 Å². The van der Waals surface area contributed by atoms with Crippen LogP contribution in [0.5, 0.6) is 0 Å². The fraction of sp³-hybridized carbons (Fsp3) is 0.455. The van der Waals surface area contributed by atoms with Crippen molar-refractivity contribution < 1.29 is 8.42 Å². The molecule has 0 aromatic heterocycles. The number of rotatable bonds is 7. The maximum atomic E-state index is 13.0. The molecule has 0 N–H and O–H groups in total. The summed E-state index contributed by atoms with van der Waals surface area (Å²) < 4.78 is 26.0. The van der Waals surface area contributed by atoms with Crippen LogP contribution >= 0.6 is 0 Å². The second-order valence-corrected chi connectivity index (χ2v) is 9.23. The van der Waals surface area contributed by atoms with Crippen molar-refractivity contribution in [2.75, 3.05) is 11.4 Å². The molecule has 0 aliphatic carbocycles. The Morgan fingerprint density at radius 1 is 1.00 bits per heavy atom. The van der Waals surface area contributed by atoms with Crippen molar-refractivity contribution in [3.05, 3.63) is 53.6 Å². The molecule has 140 valence electrons. The first-order valence-electron chi connectivity index (χ1n) is 9.68. The highest BCUT2D eigenvalue weighted by atomic mass is 32.2. The average molecular weight is 372 g/mol. The summed E-state index contributed by atoms with van der Waals surface area (Å²) in [5, 5.41) is 0. The standard InChI is InChI=1S/C22H29NO2S/c1-4-7-19(8-5-2)23-14-13-18-16-21(11-12-22(18)23)26(24,25)20-10-6-9-17(3)15-20/h6,9-12,15-16,19H,4-5,7-8,13-14H2,1-3H3. The number of fused-ring (bicyclic) bond motifs is 1. The second kappa shape index (κ2) is 7.83. The molecule has 0 amide bonds. The van der Waals surface area contributed by atoms with Crippen LogP contribution in [0, 0.1) is 6.92 Å². The molecule has 0 saturated heterocycles. The van der Waals surface area contributed by atoms with Gasteiger partial charge in [0.25, 0.3) is 0 Å². The predicted molar refractivity (Wildman–Crippen MR) is 108 cm³/mol. The van der Waals surface area contributed by atoms with E-state index in [-0.39, 0.29) is 0 Å². The lowest BCUT2D eigenvalue weighted by molar-refractivity contribution is 0.514. The van der Waals surface area contributed by atoms with Crippen LogP contribution in [0.4, 0.5) is 5.69 Å². The van der Waals surface area contributed by atoms with Gasteiger partial charge in [-0.05, 0) is 67.6 Å². The molecule has 0 saturated carbocycles. The zero-order chi connectivity index (χ0) is 18.7. The summed E-state index contributed by atoms with van der Waals surface area (Å²) in [7, 11) is -3.46. The van der Waals surface area contributed by atoms with Gasteiger partial charge in [-0.1, -0.05) is 38.8 Å². The Labute approximate surface area is 158 Å². The number of anilines is 1. The fourth-order valence-corrected chi connectivity index (χ4v) is 5.41. The lowest BCUT2D eigenvalue weighted by Crippen LogP contribution is -2.33. The fourth-order valence-electron chi connectivity index (χ4n) is 3.99. The minimum Gasteiger partial charge on any atom is -0.368 e. The van der Waals surface area contributed by atoms with Crippen LogP contribution in [0.1, 0.15) is 50.7 Å². The van der Waals surface area contributed by atoms with Crippen LogP contribution in [0.15, 0.2) is 52.3 Å². The van der Waals surface area contributed by atoms with Crippen molar-refractivity contribution in [3.63, 3.8) is 0 Å². The van der Waals surface area contributed by atoms with Gasteiger partial charge in [-0.15, -0.1) is 0 Å². The van der Waals surface area contributed by atoms with Gasteiger partial charge in [-0.25, -0.2) is 8.42 Å². The van der Waals surface area contributed by atoms with Crippen LogP contribution in [-0.2, 0) is 16.3 Å². The summed E-state index contributed by atoms with van der Waals surface area (Å²) in [4.78, 5) is 3.28. The first kappa shape index (κ1) is 19.0. The first-order chi connectivity index (χ1) is 12.5. The molecular formula is C22H29NO2S. The van der Waals surface area contributed by atoms with Crippen molar-refractivity contribution >= 4 is 15.5 Å². The summed E-state index contributed by atoms with van der Waals surface area (Å²) in [5.41, 5.74) is 3.34. The van der Waals surface area contributed by atoms with E-state index in [0.29, 0.717) is 15.8 Å². The highest BCUT2D eigenvalue weighted by molar-refractivity contribution is 7.91. The SMILES string of the molecule is CCCC(CCC)N1CCc2cc(S(=O)(=O)c3cccc(C)c3)ccc21. The third kappa shape index (κ3) is 3.66. The Morgan fingerprint density at radius 2 is 1.69 bits per heavy atom. The normalized spacial score (nSPS) is 14.1. The molecule has 1 aliphatic heterocycles. The molecule has 0 radical (unpaired) electrons. The van der Waals surface area contributed by atoms with E-state index in [9.17, 15) is 8.42 Å². The first-order valence-corrected chi connectivity index (χ1v) is 11.2. The number of benzene rings is 2. The van der Waals surface area contributed by atoms with E-state index in [1.54, 1.807) is 24.3 Å². The molecular weight excluding hydrogens is 342 g/mol. The number of aryl methyl sites for hydroxylation is 1. The predicted octanol–water partition coefficient (Wildman–Crippen LogP) is 5.16. The van der Waals surface area contributed by atoms with Gasteiger partial charge in [0.15, 0.2) is 0 Å². The van der Waals surface area contributed by atoms with Crippen LogP contribution < -0.4 is 4.90 Å². The molecule has 0 unspecified atom stereocenters. The topological polar surface area (TPSA) is 37.4 Å². The summed E-state index contributed by atoms with van der Waals surface area (Å²) >= 11 is 0. The molecule has 0 spiro atoms. The maximum Gasteiger partial charge on any atom is 0.206 e. The minimum absolute atomic E-state index is 0.377. The molecule has 1 heterocycles. The van der Waals surface area contributed by atoms with Gasteiger partial charge in [0.1, 0.15) is 0 Å². The van der Waals surface area contributed by atoms with Crippen molar-refractivity contribution in [2.45, 2.75) is 68.7 Å². The van der Waals surface area contributed by atoms with E-state index in [2.05, 4.69) is 18.7 Å². The van der Waals surface area contributed by atoms with Crippen molar-refractivity contribution in [1.82, 2.24) is 0 Å². The van der Waals surface area contributed by atoms with E-state index >= 15 is 0 Å². The highest BCUT2D eigenvalue weighted by Crippen LogP contribution is 2.35. The zero-order valence-corrected chi connectivity index (χ0v) is 16.8. The van der Waals surface area contributed by atoms with Crippen molar-refractivity contribution in [2.24, 2.45) is 0 Å². The van der Waals surface area contributed by atoms with Gasteiger partial charge < -0.3 is 4.90 Å². The maximum absolute atomic E-state index is 13.0.